The van der Waals surface area contributed by atoms with Gasteiger partial charge in [-0.15, -0.1) is 0 Å². The molecule has 3 rings (SSSR count). The van der Waals surface area contributed by atoms with E-state index in [4.69, 9.17) is 9.47 Å². The largest absolute Gasteiger partial charge is 0.490 e. The van der Waals surface area contributed by atoms with Gasteiger partial charge in [0.15, 0.2) is 11.5 Å². The molecule has 0 saturated carbocycles. The van der Waals surface area contributed by atoms with Crippen LogP contribution in [0, 0.1) is 11.6 Å². The quantitative estimate of drug-likeness (QED) is 0.424. The van der Waals surface area contributed by atoms with Crippen LogP contribution in [0.5, 0.6) is 11.5 Å². The molecule has 1 N–H and O–H groups in total. The molecule has 0 saturated heterocycles. The van der Waals surface area contributed by atoms with Crippen molar-refractivity contribution in [3.8, 4) is 11.5 Å². The van der Waals surface area contributed by atoms with Gasteiger partial charge in [-0.25, -0.2) is 8.78 Å². The normalized spacial score (nSPS) is 10.8. The molecular weight excluding hydrogens is 440 g/mol. The second kappa shape index (κ2) is 10.4. The predicted octanol–water partition coefficient (Wildman–Crippen LogP) is 5.99. The first-order valence-electron chi connectivity index (χ1n) is 9.33. The molecule has 29 heavy (non-hydrogen) atoms. The van der Waals surface area contributed by atoms with Gasteiger partial charge < -0.3 is 14.8 Å². The van der Waals surface area contributed by atoms with Crippen LogP contribution in [0.2, 0.25) is 0 Å². The maximum absolute atomic E-state index is 13.8. The standard InChI is InChI=1S/C23H22BrF2NO2/c1-2-28-22-11-18(14-27-13-16-7-9-19(25)10-8-16)20(24)12-23(22)29-15-17-5-3-4-6-21(17)26/h3-12,27H,2,13-15H2,1H3. The number of nitrogens with one attached hydrogen (secondary N) is 1. The van der Waals surface area contributed by atoms with Gasteiger partial charge >= 0.3 is 0 Å². The first kappa shape index (κ1) is 21.3. The highest BCUT2D eigenvalue weighted by Crippen LogP contribution is 2.34. The Bertz CT molecular complexity index is 948. The molecule has 0 heterocycles. The lowest BCUT2D eigenvalue weighted by Gasteiger charge is -2.16. The van der Waals surface area contributed by atoms with Crippen molar-refractivity contribution in [3.63, 3.8) is 0 Å². The summed E-state index contributed by atoms with van der Waals surface area (Å²) in [5, 5.41) is 3.33. The topological polar surface area (TPSA) is 30.5 Å². The summed E-state index contributed by atoms with van der Waals surface area (Å²) < 4.78 is 39.2. The molecule has 0 aliphatic heterocycles. The first-order valence-corrected chi connectivity index (χ1v) is 10.1. The summed E-state index contributed by atoms with van der Waals surface area (Å²) in [5.41, 5.74) is 2.47. The lowest BCUT2D eigenvalue weighted by atomic mass is 10.1. The minimum atomic E-state index is -0.300. The average Bonchev–Trinajstić information content (AvgIpc) is 2.71. The van der Waals surface area contributed by atoms with Crippen LogP contribution >= 0.6 is 15.9 Å². The summed E-state index contributed by atoms with van der Waals surface area (Å²) in [5.74, 6) is 0.602. The lowest BCUT2D eigenvalue weighted by Crippen LogP contribution is -2.13. The maximum Gasteiger partial charge on any atom is 0.162 e. The van der Waals surface area contributed by atoms with Gasteiger partial charge in [-0.1, -0.05) is 46.3 Å². The minimum Gasteiger partial charge on any atom is -0.490 e. The van der Waals surface area contributed by atoms with Crippen LogP contribution in [0.3, 0.4) is 0 Å². The molecule has 0 fully saturated rings. The molecule has 0 aromatic heterocycles. The molecule has 3 nitrogen and oxygen atoms in total. The monoisotopic (exact) mass is 461 g/mol. The first-order chi connectivity index (χ1) is 14.1. The van der Waals surface area contributed by atoms with Gasteiger partial charge in [0.25, 0.3) is 0 Å². The number of rotatable bonds is 9. The van der Waals surface area contributed by atoms with Crippen molar-refractivity contribution in [1.29, 1.82) is 0 Å². The fourth-order valence-corrected chi connectivity index (χ4v) is 3.27. The summed E-state index contributed by atoms with van der Waals surface area (Å²) in [7, 11) is 0. The minimum absolute atomic E-state index is 0.112. The third kappa shape index (κ3) is 6.02. The lowest BCUT2D eigenvalue weighted by molar-refractivity contribution is 0.265. The number of ether oxygens (including phenoxy) is 2. The Kier molecular flexibility index (Phi) is 7.61. The number of benzene rings is 3. The van der Waals surface area contributed by atoms with Crippen LogP contribution in [0.25, 0.3) is 0 Å². The van der Waals surface area contributed by atoms with Gasteiger partial charge in [0.05, 0.1) is 6.61 Å². The van der Waals surface area contributed by atoms with Crippen LogP contribution in [0.15, 0.2) is 65.1 Å². The van der Waals surface area contributed by atoms with Crippen molar-refractivity contribution in [2.24, 2.45) is 0 Å². The summed E-state index contributed by atoms with van der Waals surface area (Å²) in [6, 6.07) is 16.7. The van der Waals surface area contributed by atoms with E-state index in [0.29, 0.717) is 36.8 Å². The fourth-order valence-electron chi connectivity index (χ4n) is 2.81. The zero-order chi connectivity index (χ0) is 20.6. The zero-order valence-corrected chi connectivity index (χ0v) is 17.6. The Hall–Kier alpha value is -2.44. The molecule has 0 radical (unpaired) electrons. The van der Waals surface area contributed by atoms with Crippen molar-refractivity contribution in [2.75, 3.05) is 6.61 Å². The van der Waals surface area contributed by atoms with Crippen molar-refractivity contribution < 1.29 is 18.3 Å². The molecule has 0 bridgehead atoms. The molecule has 0 aliphatic carbocycles. The SMILES string of the molecule is CCOc1cc(CNCc2ccc(F)cc2)c(Br)cc1OCc1ccccc1F. The summed E-state index contributed by atoms with van der Waals surface area (Å²) in [6.07, 6.45) is 0. The second-order valence-electron chi connectivity index (χ2n) is 6.43. The van der Waals surface area contributed by atoms with E-state index in [-0.39, 0.29) is 18.2 Å². The van der Waals surface area contributed by atoms with Crippen LogP contribution in [0.1, 0.15) is 23.6 Å². The predicted molar refractivity (Wildman–Crippen MR) is 113 cm³/mol. The van der Waals surface area contributed by atoms with Crippen LogP contribution < -0.4 is 14.8 Å². The van der Waals surface area contributed by atoms with E-state index in [1.807, 2.05) is 19.1 Å². The van der Waals surface area contributed by atoms with Crippen molar-refractivity contribution in [2.45, 2.75) is 26.6 Å². The molecule has 0 unspecified atom stereocenters. The molecule has 152 valence electrons. The van der Waals surface area contributed by atoms with E-state index in [9.17, 15) is 8.78 Å². The van der Waals surface area contributed by atoms with Crippen molar-refractivity contribution in [3.05, 3.63) is 93.5 Å². The van der Waals surface area contributed by atoms with Crippen molar-refractivity contribution in [1.82, 2.24) is 5.32 Å². The molecule has 0 amide bonds. The van der Waals surface area contributed by atoms with E-state index in [1.165, 1.54) is 18.2 Å². The Morgan fingerprint density at radius 3 is 2.31 bits per heavy atom. The Balaban J connectivity index is 1.68. The molecule has 3 aromatic rings. The molecule has 0 aliphatic rings. The van der Waals surface area contributed by atoms with Gasteiger partial charge in [-0.05, 0) is 48.4 Å². The number of halogens is 3. The molecule has 3 aromatic carbocycles. The van der Waals surface area contributed by atoms with E-state index in [0.717, 1.165) is 15.6 Å². The summed E-state index contributed by atoms with van der Waals surface area (Å²) in [4.78, 5) is 0. The highest BCUT2D eigenvalue weighted by Gasteiger charge is 2.12. The van der Waals surface area contributed by atoms with Gasteiger partial charge in [0, 0.05) is 23.1 Å². The van der Waals surface area contributed by atoms with Gasteiger partial charge in [0.2, 0.25) is 0 Å². The van der Waals surface area contributed by atoms with Gasteiger partial charge in [-0.2, -0.15) is 0 Å². The van der Waals surface area contributed by atoms with E-state index in [1.54, 1.807) is 30.3 Å². The molecule has 0 spiro atoms. The maximum atomic E-state index is 13.8. The van der Waals surface area contributed by atoms with Gasteiger partial charge in [-0.3, -0.25) is 0 Å². The van der Waals surface area contributed by atoms with Crippen molar-refractivity contribution >= 4 is 15.9 Å². The Morgan fingerprint density at radius 1 is 0.862 bits per heavy atom. The van der Waals surface area contributed by atoms with Crippen LogP contribution in [0.4, 0.5) is 8.78 Å². The van der Waals surface area contributed by atoms with E-state index in [2.05, 4.69) is 21.2 Å². The zero-order valence-electron chi connectivity index (χ0n) is 16.1. The third-order valence-electron chi connectivity index (χ3n) is 4.31. The smallest absolute Gasteiger partial charge is 0.162 e. The molecular formula is C23H22BrF2NO2. The number of hydrogen-bond acceptors (Lipinski definition) is 3. The van der Waals surface area contributed by atoms with E-state index < -0.39 is 0 Å². The number of hydrogen-bond donors (Lipinski definition) is 1. The molecule has 0 atom stereocenters. The van der Waals surface area contributed by atoms with Gasteiger partial charge in [0.1, 0.15) is 18.2 Å². The summed E-state index contributed by atoms with van der Waals surface area (Å²) in [6.45, 7) is 3.70. The second-order valence-corrected chi connectivity index (χ2v) is 7.29. The van der Waals surface area contributed by atoms with Crippen LogP contribution in [-0.2, 0) is 19.7 Å². The highest BCUT2D eigenvalue weighted by molar-refractivity contribution is 9.10. The third-order valence-corrected chi connectivity index (χ3v) is 5.05. The average molecular weight is 462 g/mol. The van der Waals surface area contributed by atoms with E-state index >= 15 is 0 Å². The summed E-state index contributed by atoms with van der Waals surface area (Å²) >= 11 is 3.57. The Morgan fingerprint density at radius 2 is 1.59 bits per heavy atom. The Labute approximate surface area is 177 Å². The fraction of sp³-hybridized carbons (Fsp3) is 0.217. The highest BCUT2D eigenvalue weighted by atomic mass is 79.9. The molecule has 6 heteroatoms. The van der Waals surface area contributed by atoms with Crippen LogP contribution in [-0.4, -0.2) is 6.61 Å².